The van der Waals surface area contributed by atoms with Crippen LogP contribution in [0.15, 0.2) is 30.3 Å². The van der Waals surface area contributed by atoms with E-state index in [4.69, 9.17) is 0 Å². The van der Waals surface area contributed by atoms with E-state index in [9.17, 15) is 4.79 Å². The van der Waals surface area contributed by atoms with Crippen molar-refractivity contribution in [2.75, 3.05) is 11.9 Å². The van der Waals surface area contributed by atoms with Gasteiger partial charge in [-0.1, -0.05) is 34.1 Å². The molecule has 2 atom stereocenters. The molecule has 0 heterocycles. The molecule has 4 saturated carbocycles. The van der Waals surface area contributed by atoms with Crippen molar-refractivity contribution < 1.29 is 4.79 Å². The number of hydrogen-bond acceptors (Lipinski definition) is 1. The SMILES string of the molecule is CN(C(=O)CC12C[C@H]3C[C@@H](CC(Br)(C3)C1)C2)c1ccccc1. The Morgan fingerprint density at radius 3 is 2.41 bits per heavy atom. The van der Waals surface area contributed by atoms with Gasteiger partial charge in [0.25, 0.3) is 0 Å². The highest BCUT2D eigenvalue weighted by atomic mass is 79.9. The van der Waals surface area contributed by atoms with Gasteiger partial charge in [0.2, 0.25) is 5.91 Å². The molecule has 0 N–H and O–H groups in total. The molecule has 1 amide bonds. The van der Waals surface area contributed by atoms with Gasteiger partial charge < -0.3 is 4.90 Å². The van der Waals surface area contributed by atoms with Gasteiger partial charge in [-0.3, -0.25) is 4.79 Å². The first kappa shape index (κ1) is 14.7. The van der Waals surface area contributed by atoms with Crippen molar-refractivity contribution in [2.24, 2.45) is 17.3 Å². The molecule has 4 aliphatic rings. The fraction of sp³-hybridized carbons (Fsp3) is 0.632. The standard InChI is InChI=1S/C19H24BrNO/c1-21(16-5-3-2-4-6-16)17(22)12-18-8-14-7-15(9-18)11-19(20,10-14)13-18/h2-6,14-15H,7-13H2,1H3/t14-,15-,18?,19?/m1/s1. The van der Waals surface area contributed by atoms with E-state index in [0.29, 0.717) is 4.32 Å². The van der Waals surface area contributed by atoms with Gasteiger partial charge in [-0.25, -0.2) is 0 Å². The second-order valence-electron chi connectivity index (χ2n) is 8.08. The van der Waals surface area contributed by atoms with E-state index in [0.717, 1.165) is 23.9 Å². The molecule has 118 valence electrons. The van der Waals surface area contributed by atoms with Crippen molar-refractivity contribution >= 4 is 27.5 Å². The number of carbonyl (C=O) groups excluding carboxylic acids is 1. The van der Waals surface area contributed by atoms with Crippen LogP contribution >= 0.6 is 15.9 Å². The van der Waals surface area contributed by atoms with Crippen molar-refractivity contribution in [3.8, 4) is 0 Å². The van der Waals surface area contributed by atoms with Crippen molar-refractivity contribution in [3.05, 3.63) is 30.3 Å². The smallest absolute Gasteiger partial charge is 0.227 e. The molecule has 5 rings (SSSR count). The predicted molar refractivity (Wildman–Crippen MR) is 93.2 cm³/mol. The van der Waals surface area contributed by atoms with Gasteiger partial charge in [-0.05, 0) is 67.9 Å². The maximum absolute atomic E-state index is 12.8. The molecule has 0 unspecified atom stereocenters. The number of benzene rings is 1. The van der Waals surface area contributed by atoms with E-state index in [1.54, 1.807) is 0 Å². The molecular formula is C19H24BrNO. The molecule has 1 aromatic carbocycles. The summed E-state index contributed by atoms with van der Waals surface area (Å²) in [7, 11) is 1.92. The average molecular weight is 362 g/mol. The Hall–Kier alpha value is -0.830. The van der Waals surface area contributed by atoms with E-state index >= 15 is 0 Å². The molecule has 3 heteroatoms. The topological polar surface area (TPSA) is 20.3 Å². The minimum absolute atomic E-state index is 0.258. The first-order chi connectivity index (χ1) is 10.5. The van der Waals surface area contributed by atoms with E-state index in [1.807, 2.05) is 42.3 Å². The van der Waals surface area contributed by atoms with Crippen molar-refractivity contribution in [3.63, 3.8) is 0 Å². The van der Waals surface area contributed by atoms with Crippen LogP contribution in [-0.2, 0) is 4.79 Å². The summed E-state index contributed by atoms with van der Waals surface area (Å²) in [6.45, 7) is 0. The molecule has 4 aliphatic carbocycles. The lowest BCUT2D eigenvalue weighted by Crippen LogP contribution is -2.54. The van der Waals surface area contributed by atoms with Crippen molar-refractivity contribution in [1.29, 1.82) is 0 Å². The number of para-hydroxylation sites is 1. The monoisotopic (exact) mass is 361 g/mol. The number of carbonyl (C=O) groups is 1. The summed E-state index contributed by atoms with van der Waals surface area (Å²) in [6.07, 6.45) is 8.51. The van der Waals surface area contributed by atoms with Crippen LogP contribution in [-0.4, -0.2) is 17.3 Å². The highest BCUT2D eigenvalue weighted by Gasteiger charge is 2.57. The molecule has 22 heavy (non-hydrogen) atoms. The van der Waals surface area contributed by atoms with Crippen molar-refractivity contribution in [1.82, 2.24) is 0 Å². The number of anilines is 1. The van der Waals surface area contributed by atoms with Crippen LogP contribution in [0.25, 0.3) is 0 Å². The van der Waals surface area contributed by atoms with Crippen LogP contribution in [0.4, 0.5) is 5.69 Å². The maximum atomic E-state index is 12.8. The number of alkyl halides is 1. The summed E-state index contributed by atoms with van der Waals surface area (Å²) in [5.41, 5.74) is 1.26. The van der Waals surface area contributed by atoms with Gasteiger partial charge in [0.1, 0.15) is 0 Å². The summed E-state index contributed by atoms with van der Waals surface area (Å²) in [5.74, 6) is 1.97. The normalized spacial score (nSPS) is 39.0. The Bertz CT molecular complexity index is 570. The Morgan fingerprint density at radius 2 is 1.82 bits per heavy atom. The molecule has 2 nitrogen and oxygen atoms in total. The fourth-order valence-electron chi connectivity index (χ4n) is 5.78. The van der Waals surface area contributed by atoms with E-state index in [2.05, 4.69) is 15.9 Å². The zero-order valence-corrected chi connectivity index (χ0v) is 14.8. The third-order valence-electron chi connectivity index (χ3n) is 6.15. The highest BCUT2D eigenvalue weighted by molar-refractivity contribution is 9.10. The van der Waals surface area contributed by atoms with Crippen LogP contribution in [0.1, 0.15) is 44.9 Å². The van der Waals surface area contributed by atoms with Gasteiger partial charge >= 0.3 is 0 Å². The van der Waals surface area contributed by atoms with E-state index in [1.165, 1.54) is 38.5 Å². The van der Waals surface area contributed by atoms with Gasteiger partial charge in [0.05, 0.1) is 0 Å². The fourth-order valence-corrected chi connectivity index (χ4v) is 7.29. The van der Waals surface area contributed by atoms with Gasteiger partial charge in [-0.15, -0.1) is 0 Å². The molecule has 0 spiro atoms. The summed E-state index contributed by atoms with van der Waals surface area (Å²) in [6, 6.07) is 10.0. The van der Waals surface area contributed by atoms with Crippen LogP contribution in [0.5, 0.6) is 0 Å². The molecule has 4 fully saturated rings. The summed E-state index contributed by atoms with van der Waals surface area (Å²) in [4.78, 5) is 14.7. The highest BCUT2D eigenvalue weighted by Crippen LogP contribution is 2.65. The first-order valence-corrected chi connectivity index (χ1v) is 9.27. The first-order valence-electron chi connectivity index (χ1n) is 8.48. The second kappa shape index (κ2) is 5.09. The number of nitrogens with zero attached hydrogens (tertiary/aromatic N) is 1. The zero-order valence-electron chi connectivity index (χ0n) is 13.2. The van der Waals surface area contributed by atoms with Gasteiger partial charge in [0, 0.05) is 23.5 Å². The van der Waals surface area contributed by atoms with Crippen LogP contribution in [0.3, 0.4) is 0 Å². The Morgan fingerprint density at radius 1 is 1.18 bits per heavy atom. The lowest BCUT2D eigenvalue weighted by atomic mass is 9.48. The number of amides is 1. The minimum atomic E-state index is 0.258. The summed E-state index contributed by atoms with van der Waals surface area (Å²) in [5, 5.41) is 0. The molecule has 0 radical (unpaired) electrons. The Labute approximate surface area is 141 Å². The van der Waals surface area contributed by atoms with E-state index < -0.39 is 0 Å². The molecule has 4 bridgehead atoms. The maximum Gasteiger partial charge on any atom is 0.227 e. The predicted octanol–water partition coefficient (Wildman–Crippen LogP) is 4.77. The molecule has 1 aromatic rings. The quantitative estimate of drug-likeness (QED) is 0.709. The van der Waals surface area contributed by atoms with Gasteiger partial charge in [-0.2, -0.15) is 0 Å². The average Bonchev–Trinajstić information content (AvgIpc) is 2.44. The lowest BCUT2D eigenvalue weighted by molar-refractivity contribution is -0.125. The van der Waals surface area contributed by atoms with Crippen LogP contribution in [0.2, 0.25) is 0 Å². The minimum Gasteiger partial charge on any atom is -0.315 e. The summed E-state index contributed by atoms with van der Waals surface area (Å²) >= 11 is 4.04. The third-order valence-corrected chi connectivity index (χ3v) is 7.08. The number of hydrogen-bond donors (Lipinski definition) is 0. The largest absolute Gasteiger partial charge is 0.315 e. The second-order valence-corrected chi connectivity index (χ2v) is 9.76. The zero-order chi connectivity index (χ0) is 15.4. The third kappa shape index (κ3) is 2.51. The summed E-state index contributed by atoms with van der Waals surface area (Å²) < 4.78 is 0.336. The van der Waals surface area contributed by atoms with Crippen LogP contribution in [0, 0.1) is 17.3 Å². The molecular weight excluding hydrogens is 338 g/mol. The van der Waals surface area contributed by atoms with Crippen molar-refractivity contribution in [2.45, 2.75) is 49.3 Å². The Kier molecular flexibility index (Phi) is 3.41. The number of halogens is 1. The Balaban J connectivity index is 1.52. The molecule has 0 saturated heterocycles. The van der Waals surface area contributed by atoms with Crippen LogP contribution < -0.4 is 4.90 Å². The van der Waals surface area contributed by atoms with Gasteiger partial charge in [0.15, 0.2) is 0 Å². The van der Waals surface area contributed by atoms with E-state index in [-0.39, 0.29) is 11.3 Å². The molecule has 0 aliphatic heterocycles. The number of rotatable bonds is 3. The lowest BCUT2D eigenvalue weighted by Gasteiger charge is -2.60. The molecule has 0 aromatic heterocycles.